The Kier molecular flexibility index (Phi) is 4.77. The summed E-state index contributed by atoms with van der Waals surface area (Å²) in [4.78, 5) is 19.4. The first kappa shape index (κ1) is 15.5. The minimum absolute atomic E-state index is 0.0858. The van der Waals surface area contributed by atoms with E-state index >= 15 is 0 Å². The zero-order chi connectivity index (χ0) is 15.5. The molecule has 0 radical (unpaired) electrons. The molecule has 1 aliphatic heterocycles. The van der Waals surface area contributed by atoms with Crippen LogP contribution in [0.2, 0.25) is 0 Å². The van der Waals surface area contributed by atoms with Gasteiger partial charge in [-0.1, -0.05) is 16.3 Å². The number of piperidine rings is 1. The Morgan fingerprint density at radius 3 is 2.82 bits per heavy atom. The van der Waals surface area contributed by atoms with E-state index in [9.17, 15) is 4.79 Å². The molecule has 3 heterocycles. The van der Waals surface area contributed by atoms with Crippen molar-refractivity contribution in [3.8, 4) is 0 Å². The number of likely N-dealkylation sites (tertiary alicyclic amines) is 1. The maximum absolute atomic E-state index is 12.4. The number of thioether (sulfide) groups is 1. The van der Waals surface area contributed by atoms with Gasteiger partial charge in [-0.3, -0.25) is 4.79 Å². The molecule has 0 atom stereocenters. The van der Waals surface area contributed by atoms with Gasteiger partial charge in [-0.05, 0) is 37.2 Å². The molecule has 22 heavy (non-hydrogen) atoms. The summed E-state index contributed by atoms with van der Waals surface area (Å²) in [5.74, 6) is 1.79. The van der Waals surface area contributed by atoms with E-state index in [0.717, 1.165) is 42.5 Å². The summed E-state index contributed by atoms with van der Waals surface area (Å²) in [6.45, 7) is 3.48. The second-order valence-corrected chi connectivity index (χ2v) is 7.30. The lowest BCUT2D eigenvalue weighted by Crippen LogP contribution is -2.38. The summed E-state index contributed by atoms with van der Waals surface area (Å²) < 4.78 is 5.89. The highest BCUT2D eigenvalue weighted by Gasteiger charge is 2.26. The second-order valence-electron chi connectivity index (χ2n) is 5.55. The second kappa shape index (κ2) is 6.78. The third-order valence-corrected chi connectivity index (χ3v) is 6.08. The summed E-state index contributed by atoms with van der Waals surface area (Å²) in [6, 6.07) is 0. The average molecular weight is 337 g/mol. The number of hydrogen-bond donors (Lipinski definition) is 0. The lowest BCUT2D eigenvalue weighted by atomic mass is 9.99. The van der Waals surface area contributed by atoms with Crippen LogP contribution < -0.4 is 0 Å². The number of aromatic nitrogens is 4. The van der Waals surface area contributed by atoms with Crippen LogP contribution >= 0.6 is 23.3 Å². The number of nitrogens with zero attached hydrogens (tertiary/aromatic N) is 5. The molecule has 118 valence electrons. The average Bonchev–Trinajstić information content (AvgIpc) is 3.13. The summed E-state index contributed by atoms with van der Waals surface area (Å²) in [5.41, 5.74) is 0.738. The van der Waals surface area contributed by atoms with Crippen LogP contribution in [0.15, 0.2) is 17.6 Å². The Morgan fingerprint density at radius 2 is 2.23 bits per heavy atom. The van der Waals surface area contributed by atoms with Gasteiger partial charge < -0.3 is 9.47 Å². The van der Waals surface area contributed by atoms with Gasteiger partial charge >= 0.3 is 0 Å². The molecular formula is C14H19N5OS2. The molecular weight excluding hydrogens is 318 g/mol. The molecule has 8 heteroatoms. The SMILES string of the molecule is Cc1nnsc1C(=O)N1CCC(CSc2nccn2C)CC1. The normalized spacial score (nSPS) is 16.2. The van der Waals surface area contributed by atoms with Crippen LogP contribution in [0.5, 0.6) is 0 Å². The fraction of sp³-hybridized carbons (Fsp3) is 0.571. The van der Waals surface area contributed by atoms with E-state index in [-0.39, 0.29) is 5.91 Å². The molecule has 2 aromatic heterocycles. The van der Waals surface area contributed by atoms with E-state index in [1.165, 1.54) is 11.5 Å². The van der Waals surface area contributed by atoms with Crippen LogP contribution in [0.3, 0.4) is 0 Å². The minimum Gasteiger partial charge on any atom is -0.338 e. The molecule has 0 bridgehead atoms. The monoisotopic (exact) mass is 337 g/mol. The lowest BCUT2D eigenvalue weighted by Gasteiger charge is -2.31. The standard InChI is InChI=1S/C14H19N5OS2/c1-10-12(22-17-16-10)13(20)19-6-3-11(4-7-19)9-21-14-15-5-8-18(14)2/h5,8,11H,3-4,6-7,9H2,1-2H3. The molecule has 6 nitrogen and oxygen atoms in total. The molecule has 0 saturated carbocycles. The molecule has 1 amide bonds. The smallest absolute Gasteiger partial charge is 0.267 e. The molecule has 0 N–H and O–H groups in total. The van der Waals surface area contributed by atoms with Gasteiger partial charge in [-0.15, -0.1) is 5.10 Å². The number of hydrogen-bond acceptors (Lipinski definition) is 6. The zero-order valence-electron chi connectivity index (χ0n) is 12.7. The molecule has 1 saturated heterocycles. The fourth-order valence-corrected chi connectivity index (χ4v) is 4.30. The van der Waals surface area contributed by atoms with E-state index < -0.39 is 0 Å². The predicted molar refractivity (Wildman–Crippen MR) is 87.2 cm³/mol. The Hall–Kier alpha value is -1.41. The fourth-order valence-electron chi connectivity index (χ4n) is 2.56. The van der Waals surface area contributed by atoms with Crippen LogP contribution in [-0.2, 0) is 7.05 Å². The van der Waals surface area contributed by atoms with Gasteiger partial charge in [0.1, 0.15) is 4.88 Å². The minimum atomic E-state index is 0.0858. The van der Waals surface area contributed by atoms with Gasteiger partial charge in [0.2, 0.25) is 0 Å². The molecule has 2 aromatic rings. The Bertz CT molecular complexity index is 645. The summed E-state index contributed by atoms with van der Waals surface area (Å²) in [5, 5.41) is 4.98. The van der Waals surface area contributed by atoms with Gasteiger partial charge in [-0.25, -0.2) is 4.98 Å². The number of amides is 1. The maximum atomic E-state index is 12.4. The van der Waals surface area contributed by atoms with E-state index in [2.05, 4.69) is 14.6 Å². The van der Waals surface area contributed by atoms with Gasteiger partial charge in [-0.2, -0.15) is 0 Å². The first-order valence-corrected chi connectivity index (χ1v) is 9.09. The Labute approximate surface area is 138 Å². The van der Waals surface area contributed by atoms with Gasteiger partial charge in [0.15, 0.2) is 5.16 Å². The van der Waals surface area contributed by atoms with Crippen molar-refractivity contribution < 1.29 is 4.79 Å². The van der Waals surface area contributed by atoms with Crippen molar-refractivity contribution >= 4 is 29.2 Å². The van der Waals surface area contributed by atoms with Gasteiger partial charge in [0, 0.05) is 38.3 Å². The molecule has 0 unspecified atom stereocenters. The molecule has 3 rings (SSSR count). The third-order valence-electron chi connectivity index (χ3n) is 3.97. The number of carbonyl (C=O) groups is 1. The zero-order valence-corrected chi connectivity index (χ0v) is 14.4. The van der Waals surface area contributed by atoms with Crippen molar-refractivity contribution in [2.24, 2.45) is 13.0 Å². The largest absolute Gasteiger partial charge is 0.338 e. The predicted octanol–water partition coefficient (Wildman–Crippen LogP) is 2.22. The summed E-state index contributed by atoms with van der Waals surface area (Å²) >= 11 is 3.00. The quantitative estimate of drug-likeness (QED) is 0.801. The first-order chi connectivity index (χ1) is 10.6. The molecule has 1 aliphatic rings. The molecule has 0 spiro atoms. The van der Waals surface area contributed by atoms with Crippen molar-refractivity contribution in [1.29, 1.82) is 0 Å². The van der Waals surface area contributed by atoms with Crippen molar-refractivity contribution in [2.75, 3.05) is 18.8 Å². The van der Waals surface area contributed by atoms with E-state index in [4.69, 9.17) is 0 Å². The molecule has 1 fully saturated rings. The topological polar surface area (TPSA) is 63.9 Å². The number of rotatable bonds is 4. The number of imidazole rings is 1. The summed E-state index contributed by atoms with van der Waals surface area (Å²) in [6.07, 6.45) is 5.90. The Balaban J connectivity index is 1.49. The van der Waals surface area contributed by atoms with Crippen molar-refractivity contribution in [1.82, 2.24) is 24.0 Å². The Morgan fingerprint density at radius 1 is 1.45 bits per heavy atom. The van der Waals surface area contributed by atoms with E-state index in [0.29, 0.717) is 10.8 Å². The van der Waals surface area contributed by atoms with Crippen molar-refractivity contribution in [2.45, 2.75) is 24.9 Å². The molecule has 0 aromatic carbocycles. The molecule has 0 aliphatic carbocycles. The van der Waals surface area contributed by atoms with Crippen LogP contribution in [0.25, 0.3) is 0 Å². The van der Waals surface area contributed by atoms with Crippen LogP contribution in [0, 0.1) is 12.8 Å². The first-order valence-electron chi connectivity index (χ1n) is 7.33. The van der Waals surface area contributed by atoms with Crippen LogP contribution in [-0.4, -0.2) is 48.8 Å². The maximum Gasteiger partial charge on any atom is 0.267 e. The highest BCUT2D eigenvalue weighted by atomic mass is 32.2. The summed E-state index contributed by atoms with van der Waals surface area (Å²) in [7, 11) is 2.02. The number of carbonyl (C=O) groups excluding carboxylic acids is 1. The van der Waals surface area contributed by atoms with E-state index in [1.54, 1.807) is 11.8 Å². The van der Waals surface area contributed by atoms with Crippen LogP contribution in [0.4, 0.5) is 0 Å². The number of aryl methyl sites for hydroxylation is 2. The lowest BCUT2D eigenvalue weighted by molar-refractivity contribution is 0.0702. The third kappa shape index (κ3) is 3.33. The van der Waals surface area contributed by atoms with Gasteiger partial charge in [0.05, 0.1) is 5.69 Å². The van der Waals surface area contributed by atoms with Gasteiger partial charge in [0.25, 0.3) is 5.91 Å². The van der Waals surface area contributed by atoms with Crippen molar-refractivity contribution in [3.63, 3.8) is 0 Å². The van der Waals surface area contributed by atoms with Crippen LogP contribution in [0.1, 0.15) is 28.2 Å². The van der Waals surface area contributed by atoms with Crippen molar-refractivity contribution in [3.05, 3.63) is 23.0 Å². The highest BCUT2D eigenvalue weighted by Crippen LogP contribution is 2.26. The highest BCUT2D eigenvalue weighted by molar-refractivity contribution is 7.99. The van der Waals surface area contributed by atoms with E-state index in [1.807, 2.05) is 35.8 Å².